The Morgan fingerprint density at radius 1 is 1.00 bits per heavy atom. The fourth-order valence-corrected chi connectivity index (χ4v) is 3.61. The van der Waals surface area contributed by atoms with Gasteiger partial charge in [-0.3, -0.25) is 19.8 Å². The fourth-order valence-electron chi connectivity index (χ4n) is 3.25. The lowest BCUT2D eigenvalue weighted by molar-refractivity contribution is -0.149. The first-order chi connectivity index (χ1) is 14.8. The Bertz CT molecular complexity index is 986. The van der Waals surface area contributed by atoms with Gasteiger partial charge in [0.1, 0.15) is 11.4 Å². The number of methoxy groups -OCH3 is 3. The largest absolute Gasteiger partial charge is 0.493 e. The number of hydrogen-bond donors (Lipinski definition) is 2. The molecule has 3 rings (SSSR count). The predicted molar refractivity (Wildman–Crippen MR) is 114 cm³/mol. The number of hydrazine groups is 1. The van der Waals surface area contributed by atoms with E-state index in [1.165, 1.54) is 45.4 Å². The molecule has 31 heavy (non-hydrogen) atoms. The highest BCUT2D eigenvalue weighted by Crippen LogP contribution is 2.44. The average Bonchev–Trinajstić information content (AvgIpc) is 2.77. The van der Waals surface area contributed by atoms with Crippen LogP contribution in [-0.2, 0) is 9.59 Å². The summed E-state index contributed by atoms with van der Waals surface area (Å²) in [7, 11) is 4.45. The van der Waals surface area contributed by atoms with Crippen molar-refractivity contribution in [2.75, 3.05) is 26.6 Å². The number of benzene rings is 2. The molecular formula is C21H22ClN3O6. The van der Waals surface area contributed by atoms with Crippen molar-refractivity contribution >= 4 is 35.0 Å². The van der Waals surface area contributed by atoms with E-state index in [-0.39, 0.29) is 5.91 Å². The Kier molecular flexibility index (Phi) is 6.55. The van der Waals surface area contributed by atoms with E-state index < -0.39 is 23.2 Å². The lowest BCUT2D eigenvalue weighted by atomic mass is 9.94. The number of rotatable bonds is 7. The lowest BCUT2D eigenvalue weighted by Gasteiger charge is -2.44. The number of β-lactam (4-membered cyclic amide) rings is 1. The van der Waals surface area contributed by atoms with Crippen LogP contribution in [0.25, 0.3) is 0 Å². The summed E-state index contributed by atoms with van der Waals surface area (Å²) in [6, 6.07) is 8.98. The minimum absolute atomic E-state index is 0.218. The molecule has 0 aliphatic carbocycles. The number of anilines is 1. The number of halogens is 1. The van der Waals surface area contributed by atoms with Crippen molar-refractivity contribution in [2.45, 2.75) is 18.3 Å². The standard InChI is InChI=1S/C21H22ClN3O6/c1-11(26)23-14-7-5-12(6-8-14)20(27)24-25-18(17(22)21(25)28)13-9-15(29-2)19(31-4)16(10-13)30-3/h5-10,17-18H,1-4H3,(H,23,26)(H,24,27)/t17-,18+/m1/s1. The van der Waals surface area contributed by atoms with Gasteiger partial charge < -0.3 is 19.5 Å². The van der Waals surface area contributed by atoms with Crippen LogP contribution in [0.4, 0.5) is 5.69 Å². The van der Waals surface area contributed by atoms with E-state index in [1.54, 1.807) is 24.3 Å². The third kappa shape index (κ3) is 4.36. The minimum atomic E-state index is -0.870. The van der Waals surface area contributed by atoms with Gasteiger partial charge >= 0.3 is 0 Å². The van der Waals surface area contributed by atoms with Gasteiger partial charge in [0.05, 0.1) is 21.3 Å². The zero-order chi connectivity index (χ0) is 22.7. The molecule has 0 spiro atoms. The Hall–Kier alpha value is -3.46. The Morgan fingerprint density at radius 2 is 1.58 bits per heavy atom. The molecule has 1 aliphatic heterocycles. The SMILES string of the molecule is COc1cc([C@H]2[C@@H](Cl)C(=O)N2NC(=O)c2ccc(NC(C)=O)cc2)cc(OC)c1OC. The molecule has 0 unspecified atom stereocenters. The summed E-state index contributed by atoms with van der Waals surface area (Å²) in [5.41, 5.74) is 4.06. The maximum Gasteiger partial charge on any atom is 0.269 e. The second kappa shape index (κ2) is 9.13. The summed E-state index contributed by atoms with van der Waals surface area (Å²) >= 11 is 6.26. The topological polar surface area (TPSA) is 106 Å². The lowest BCUT2D eigenvalue weighted by Crippen LogP contribution is -2.63. The molecule has 10 heteroatoms. The van der Waals surface area contributed by atoms with Crippen LogP contribution in [0, 0.1) is 0 Å². The van der Waals surface area contributed by atoms with Gasteiger partial charge in [0.25, 0.3) is 11.8 Å². The van der Waals surface area contributed by atoms with Gasteiger partial charge in [-0.1, -0.05) is 0 Å². The molecule has 0 bridgehead atoms. The van der Waals surface area contributed by atoms with Crippen LogP contribution < -0.4 is 25.0 Å². The van der Waals surface area contributed by atoms with Gasteiger partial charge in [0.15, 0.2) is 11.5 Å². The molecular weight excluding hydrogens is 426 g/mol. The molecule has 1 heterocycles. The first kappa shape index (κ1) is 22.2. The van der Waals surface area contributed by atoms with Gasteiger partial charge in [-0.2, -0.15) is 0 Å². The van der Waals surface area contributed by atoms with Crippen LogP contribution in [-0.4, -0.2) is 49.4 Å². The van der Waals surface area contributed by atoms with Gasteiger partial charge in [0.2, 0.25) is 11.7 Å². The molecule has 0 radical (unpaired) electrons. The summed E-state index contributed by atoms with van der Waals surface area (Å²) in [4.78, 5) is 36.1. The smallest absolute Gasteiger partial charge is 0.269 e. The molecule has 3 amide bonds. The monoisotopic (exact) mass is 447 g/mol. The molecule has 2 atom stereocenters. The van der Waals surface area contributed by atoms with E-state index in [0.29, 0.717) is 34.1 Å². The molecule has 2 N–H and O–H groups in total. The number of carbonyl (C=O) groups excluding carboxylic acids is 3. The first-order valence-corrected chi connectivity index (χ1v) is 9.70. The van der Waals surface area contributed by atoms with Gasteiger partial charge in [-0.15, -0.1) is 11.6 Å². The van der Waals surface area contributed by atoms with E-state index in [2.05, 4.69) is 10.7 Å². The summed E-state index contributed by atoms with van der Waals surface area (Å²) in [5.74, 6) is 0.0530. The quantitative estimate of drug-likeness (QED) is 0.499. The second-order valence-electron chi connectivity index (χ2n) is 6.71. The molecule has 2 aromatic rings. The number of hydrogen-bond acceptors (Lipinski definition) is 6. The second-order valence-corrected chi connectivity index (χ2v) is 7.18. The molecule has 2 aromatic carbocycles. The first-order valence-electron chi connectivity index (χ1n) is 9.26. The van der Waals surface area contributed by atoms with Gasteiger partial charge in [-0.25, -0.2) is 5.01 Å². The maximum atomic E-state index is 12.7. The summed E-state index contributed by atoms with van der Waals surface area (Å²) in [5, 5.41) is 2.92. The van der Waals surface area contributed by atoms with Crippen molar-refractivity contribution in [3.05, 3.63) is 47.5 Å². The average molecular weight is 448 g/mol. The molecule has 0 aromatic heterocycles. The number of nitrogens with zero attached hydrogens (tertiary/aromatic N) is 1. The van der Waals surface area contributed by atoms with Crippen LogP contribution in [0.2, 0.25) is 0 Å². The summed E-state index contributed by atoms with van der Waals surface area (Å²) < 4.78 is 16.0. The van der Waals surface area contributed by atoms with Crippen LogP contribution in [0.15, 0.2) is 36.4 Å². The van der Waals surface area contributed by atoms with Crippen molar-refractivity contribution in [2.24, 2.45) is 0 Å². The third-order valence-corrected chi connectivity index (χ3v) is 5.17. The Balaban J connectivity index is 1.83. The van der Waals surface area contributed by atoms with Crippen LogP contribution in [0.3, 0.4) is 0 Å². The Morgan fingerprint density at radius 3 is 2.06 bits per heavy atom. The van der Waals surface area contributed by atoms with E-state index in [9.17, 15) is 14.4 Å². The van der Waals surface area contributed by atoms with E-state index in [4.69, 9.17) is 25.8 Å². The third-order valence-electron chi connectivity index (χ3n) is 4.75. The van der Waals surface area contributed by atoms with Crippen molar-refractivity contribution < 1.29 is 28.6 Å². The van der Waals surface area contributed by atoms with Crippen LogP contribution in [0.1, 0.15) is 28.9 Å². The maximum absolute atomic E-state index is 12.7. The van der Waals surface area contributed by atoms with E-state index >= 15 is 0 Å². The van der Waals surface area contributed by atoms with Gasteiger partial charge in [-0.05, 0) is 42.0 Å². The molecule has 164 valence electrons. The highest BCUT2D eigenvalue weighted by Gasteiger charge is 2.49. The molecule has 1 saturated heterocycles. The zero-order valence-corrected chi connectivity index (χ0v) is 18.1. The number of carbonyl (C=O) groups is 3. The van der Waals surface area contributed by atoms with Crippen molar-refractivity contribution in [1.82, 2.24) is 10.4 Å². The molecule has 0 saturated carbocycles. The van der Waals surface area contributed by atoms with E-state index in [1.807, 2.05) is 0 Å². The van der Waals surface area contributed by atoms with E-state index in [0.717, 1.165) is 0 Å². The molecule has 1 aliphatic rings. The van der Waals surface area contributed by atoms with Crippen molar-refractivity contribution in [1.29, 1.82) is 0 Å². The zero-order valence-electron chi connectivity index (χ0n) is 17.4. The molecule has 1 fully saturated rings. The normalized spacial score (nSPS) is 17.5. The summed E-state index contributed by atoms with van der Waals surface area (Å²) in [6.07, 6.45) is 0. The highest BCUT2D eigenvalue weighted by molar-refractivity contribution is 6.33. The van der Waals surface area contributed by atoms with Gasteiger partial charge in [0, 0.05) is 18.2 Å². The number of amides is 3. The van der Waals surface area contributed by atoms with Crippen molar-refractivity contribution in [3.63, 3.8) is 0 Å². The van der Waals surface area contributed by atoms with Crippen LogP contribution in [0.5, 0.6) is 17.2 Å². The predicted octanol–water partition coefficient (Wildman–Crippen LogP) is 2.51. The molecule has 9 nitrogen and oxygen atoms in total. The Labute approximate surface area is 184 Å². The number of alkyl halides is 1. The minimum Gasteiger partial charge on any atom is -0.493 e. The fraction of sp³-hybridized carbons (Fsp3) is 0.286. The number of nitrogens with one attached hydrogen (secondary N) is 2. The highest BCUT2D eigenvalue weighted by atomic mass is 35.5. The number of ether oxygens (including phenoxy) is 3. The summed E-state index contributed by atoms with van der Waals surface area (Å²) in [6.45, 7) is 1.39. The van der Waals surface area contributed by atoms with Crippen molar-refractivity contribution in [3.8, 4) is 17.2 Å². The van der Waals surface area contributed by atoms with Crippen LogP contribution >= 0.6 is 11.6 Å².